The lowest BCUT2D eigenvalue weighted by atomic mass is 9.92. The second-order valence-electron chi connectivity index (χ2n) is 13.3. The van der Waals surface area contributed by atoms with Gasteiger partial charge in [-0.25, -0.2) is 19.6 Å². The van der Waals surface area contributed by atoms with Gasteiger partial charge >= 0.3 is 11.9 Å². The number of allylic oxidation sites excluding steroid dienone is 4. The fraction of sp³-hybridized carbons (Fsp3) is 0.190. The number of carboxylic acids is 2. The van der Waals surface area contributed by atoms with E-state index >= 15 is 0 Å². The van der Waals surface area contributed by atoms with Crippen LogP contribution in [0.1, 0.15) is 93.4 Å². The molecular weight excluding hydrogens is 624 g/mol. The molecule has 5 heterocycles. The molecule has 3 aromatic heterocycles. The molecular formula is C42H38N4O4. The van der Waals surface area contributed by atoms with Gasteiger partial charge in [0.2, 0.25) is 0 Å². The Morgan fingerprint density at radius 3 is 1.30 bits per heavy atom. The predicted molar refractivity (Wildman–Crippen MR) is 201 cm³/mol. The molecule has 0 saturated heterocycles. The summed E-state index contributed by atoms with van der Waals surface area (Å²) in [6, 6.07) is 18.2. The summed E-state index contributed by atoms with van der Waals surface area (Å²) in [5.41, 5.74) is 17.0. The monoisotopic (exact) mass is 662 g/mol. The van der Waals surface area contributed by atoms with Gasteiger partial charge in [0.05, 0.1) is 44.9 Å². The molecule has 0 saturated carbocycles. The maximum absolute atomic E-state index is 12.6. The molecule has 0 amide bonds. The largest absolute Gasteiger partial charge is 0.478 e. The summed E-state index contributed by atoms with van der Waals surface area (Å²) in [7, 11) is 0. The van der Waals surface area contributed by atoms with Gasteiger partial charge in [-0.1, -0.05) is 36.4 Å². The van der Waals surface area contributed by atoms with Crippen LogP contribution in [-0.2, 0) is 0 Å². The summed E-state index contributed by atoms with van der Waals surface area (Å²) in [6.07, 6.45) is 0. The van der Waals surface area contributed by atoms with Crippen molar-refractivity contribution in [2.75, 3.05) is 0 Å². The van der Waals surface area contributed by atoms with Gasteiger partial charge in [0.1, 0.15) is 0 Å². The number of benzene rings is 2. The zero-order valence-corrected chi connectivity index (χ0v) is 29.4. The number of H-pyrrole nitrogens is 2. The number of carbonyl (C=O) groups is 2. The SMILES string of the molecule is CC1=C(C)c2nc1cc1[nH]c(c(C)c1C)c(-c1ccccc1C(=O)O)c1[nH]c(cc3nc(c2-c2ccccc2C(=O)O)C(C)=C3C)c(C)c1C. The summed E-state index contributed by atoms with van der Waals surface area (Å²) < 4.78 is 0. The van der Waals surface area contributed by atoms with Crippen molar-refractivity contribution < 1.29 is 19.8 Å². The van der Waals surface area contributed by atoms with Crippen molar-refractivity contribution in [3.63, 3.8) is 0 Å². The van der Waals surface area contributed by atoms with Crippen LogP contribution in [0, 0.1) is 27.7 Å². The number of hydrogen-bond acceptors (Lipinski definition) is 4. The van der Waals surface area contributed by atoms with Gasteiger partial charge in [-0.3, -0.25) is 0 Å². The third-order valence-corrected chi connectivity index (χ3v) is 10.7. The first-order valence-corrected chi connectivity index (χ1v) is 16.6. The molecule has 5 aromatic rings. The number of aromatic nitrogens is 4. The lowest BCUT2D eigenvalue weighted by Gasteiger charge is -2.12. The van der Waals surface area contributed by atoms with E-state index < -0.39 is 11.9 Å². The van der Waals surface area contributed by atoms with Crippen molar-refractivity contribution in [1.29, 1.82) is 0 Å². The second-order valence-corrected chi connectivity index (χ2v) is 13.3. The number of aryl methyl sites for hydroxylation is 4. The third-order valence-electron chi connectivity index (χ3n) is 10.7. The van der Waals surface area contributed by atoms with E-state index in [0.29, 0.717) is 28.1 Å². The second kappa shape index (κ2) is 11.8. The normalized spacial score (nSPS) is 13.0. The molecule has 7 rings (SSSR count). The van der Waals surface area contributed by atoms with E-state index in [1.54, 1.807) is 24.3 Å². The standard InChI is InChI=1S/C42H38N4O4/c1-19-23(5)37-35(27-13-9-11-15-29(27)41(47)48)38-25(7)21(3)33(45-38)18-34-22(4)26(8)40(46-34)36(28-14-10-12-16-30(28)42(49)50)39-24(6)20(2)32(44-39)17-31(19)43-37/h9-18,43,45H,1-8H3,(H,47,48)(H,49,50). The minimum Gasteiger partial charge on any atom is -0.478 e. The molecule has 0 atom stereocenters. The first-order chi connectivity index (χ1) is 23.8. The van der Waals surface area contributed by atoms with E-state index in [1.165, 1.54) is 0 Å². The topological polar surface area (TPSA) is 132 Å². The van der Waals surface area contributed by atoms with Crippen molar-refractivity contribution in [1.82, 2.24) is 19.9 Å². The van der Waals surface area contributed by atoms with Crippen LogP contribution >= 0.6 is 0 Å². The van der Waals surface area contributed by atoms with Gasteiger partial charge in [-0.15, -0.1) is 0 Å². The molecule has 0 fully saturated rings. The van der Waals surface area contributed by atoms with E-state index in [4.69, 9.17) is 9.97 Å². The van der Waals surface area contributed by atoms with Crippen LogP contribution in [0.4, 0.5) is 0 Å². The Bertz CT molecular complexity index is 2460. The number of nitrogens with one attached hydrogen (secondary N) is 2. The molecule has 2 aliphatic heterocycles. The van der Waals surface area contributed by atoms with Crippen molar-refractivity contribution in [2.45, 2.75) is 55.4 Å². The first-order valence-electron chi connectivity index (χ1n) is 16.6. The summed E-state index contributed by atoms with van der Waals surface area (Å²) >= 11 is 0. The number of aromatic amines is 2. The van der Waals surface area contributed by atoms with Crippen LogP contribution in [0.3, 0.4) is 0 Å². The smallest absolute Gasteiger partial charge is 0.336 e. The summed E-state index contributed by atoms with van der Waals surface area (Å²) in [6.45, 7) is 16.3. The molecule has 8 bridgehead atoms. The Labute approximate surface area is 289 Å². The lowest BCUT2D eigenvalue weighted by Crippen LogP contribution is -2.02. The number of aromatic carboxylic acids is 2. The Balaban J connectivity index is 1.76. The summed E-state index contributed by atoms with van der Waals surface area (Å²) in [5, 5.41) is 20.6. The summed E-state index contributed by atoms with van der Waals surface area (Å²) in [5.74, 6) is -2.02. The van der Waals surface area contributed by atoms with E-state index in [2.05, 4.69) is 23.8 Å². The van der Waals surface area contributed by atoms with Crippen molar-refractivity contribution in [3.8, 4) is 22.3 Å². The number of hydrogen-bond donors (Lipinski definition) is 4. The fourth-order valence-corrected chi connectivity index (χ4v) is 7.11. The zero-order valence-electron chi connectivity index (χ0n) is 29.4. The van der Waals surface area contributed by atoms with Crippen LogP contribution < -0.4 is 0 Å². The number of rotatable bonds is 4. The van der Waals surface area contributed by atoms with Crippen LogP contribution in [-0.4, -0.2) is 42.1 Å². The molecule has 8 nitrogen and oxygen atoms in total. The molecule has 0 spiro atoms. The third kappa shape index (κ3) is 4.90. The zero-order chi connectivity index (χ0) is 35.8. The molecule has 0 aliphatic carbocycles. The Hall–Kier alpha value is -6.02. The summed E-state index contributed by atoms with van der Waals surface area (Å²) in [4.78, 5) is 42.9. The number of fused-ring (bicyclic) bond motifs is 8. The molecule has 250 valence electrons. The predicted octanol–water partition coefficient (Wildman–Crippen LogP) is 10.2. The number of carboxylic acid groups (broad SMARTS) is 2. The van der Waals surface area contributed by atoms with Gasteiger partial charge in [0.25, 0.3) is 0 Å². The van der Waals surface area contributed by atoms with Gasteiger partial charge < -0.3 is 20.2 Å². The molecule has 0 unspecified atom stereocenters. The molecule has 4 N–H and O–H groups in total. The van der Waals surface area contributed by atoms with Crippen molar-refractivity contribution in [2.24, 2.45) is 0 Å². The van der Waals surface area contributed by atoms with Crippen LogP contribution in [0.2, 0.25) is 0 Å². The van der Waals surface area contributed by atoms with Gasteiger partial charge in [-0.05, 0) is 124 Å². The van der Waals surface area contributed by atoms with Crippen LogP contribution in [0.25, 0.3) is 66.6 Å². The van der Waals surface area contributed by atoms with E-state index in [9.17, 15) is 19.8 Å². The Morgan fingerprint density at radius 1 is 0.520 bits per heavy atom. The van der Waals surface area contributed by atoms with Gasteiger partial charge in [0.15, 0.2) is 0 Å². The average molecular weight is 663 g/mol. The highest BCUT2D eigenvalue weighted by atomic mass is 16.4. The molecule has 0 radical (unpaired) electrons. The highest BCUT2D eigenvalue weighted by Gasteiger charge is 2.27. The minimum atomic E-state index is -1.02. The maximum atomic E-state index is 12.6. The molecule has 2 aliphatic rings. The van der Waals surface area contributed by atoms with Crippen molar-refractivity contribution >= 4 is 56.3 Å². The molecule has 8 heteroatoms. The van der Waals surface area contributed by atoms with Crippen LogP contribution in [0.15, 0.2) is 60.7 Å². The van der Waals surface area contributed by atoms with Crippen molar-refractivity contribution in [3.05, 3.63) is 117 Å². The van der Waals surface area contributed by atoms with E-state index in [0.717, 1.165) is 83.6 Å². The average Bonchev–Trinajstić information content (AvgIpc) is 3.73. The first kappa shape index (κ1) is 32.5. The molecule has 50 heavy (non-hydrogen) atoms. The highest BCUT2D eigenvalue weighted by Crippen LogP contribution is 2.43. The van der Waals surface area contributed by atoms with Crippen LogP contribution in [0.5, 0.6) is 0 Å². The highest BCUT2D eigenvalue weighted by molar-refractivity contribution is 6.07. The van der Waals surface area contributed by atoms with Gasteiger partial charge in [0, 0.05) is 33.3 Å². The van der Waals surface area contributed by atoms with E-state index in [1.807, 2.05) is 77.9 Å². The quantitative estimate of drug-likeness (QED) is 0.151. The van der Waals surface area contributed by atoms with E-state index in [-0.39, 0.29) is 11.1 Å². The minimum absolute atomic E-state index is 0.179. The molecule has 2 aromatic carbocycles. The Kier molecular flexibility index (Phi) is 7.70. The number of nitrogens with zero attached hydrogens (tertiary/aromatic N) is 2. The van der Waals surface area contributed by atoms with Gasteiger partial charge in [-0.2, -0.15) is 0 Å². The lowest BCUT2D eigenvalue weighted by molar-refractivity contribution is 0.0687. The Morgan fingerprint density at radius 2 is 0.900 bits per heavy atom. The fourth-order valence-electron chi connectivity index (χ4n) is 7.11. The maximum Gasteiger partial charge on any atom is 0.336 e.